The van der Waals surface area contributed by atoms with Crippen molar-refractivity contribution in [2.24, 2.45) is 22.4 Å². The van der Waals surface area contributed by atoms with Gasteiger partial charge >= 0.3 is 12.1 Å². The topological polar surface area (TPSA) is 252 Å². The number of methoxy groups -OCH3 is 2. The number of halogens is 3. The minimum Gasteiger partial charge on any atom is -0.493 e. The molecule has 0 aliphatic carbocycles. The number of carbonyl (C=O) groups excluding carboxylic acids is 1. The van der Waals surface area contributed by atoms with Crippen molar-refractivity contribution in [3.8, 4) is 11.5 Å². The Morgan fingerprint density at radius 1 is 1.12 bits per heavy atom. The molecule has 0 saturated heterocycles. The number of alkyl halides is 3. The Balaban J connectivity index is 0.00000101. The van der Waals surface area contributed by atoms with Crippen LogP contribution in [0.5, 0.6) is 11.5 Å². The molecule has 0 aliphatic rings. The molecule has 9 N–H and O–H groups in total. The first-order chi connectivity index (χ1) is 18.4. The van der Waals surface area contributed by atoms with Gasteiger partial charge in [0.25, 0.3) is 15.6 Å². The van der Waals surface area contributed by atoms with E-state index in [2.05, 4.69) is 14.9 Å². The zero-order valence-corrected chi connectivity index (χ0v) is 22.1. The minimum absolute atomic E-state index is 0.0277. The van der Waals surface area contributed by atoms with Crippen molar-refractivity contribution < 1.29 is 50.6 Å². The molecule has 1 aromatic heterocycles. The summed E-state index contributed by atoms with van der Waals surface area (Å²) >= 11 is 0. The molecule has 2 aromatic rings. The number of aliphatic carboxylic acids is 1. The summed E-state index contributed by atoms with van der Waals surface area (Å²) in [6.45, 7) is 1.45. The average molecular weight is 597 g/mol. The third-order valence-electron chi connectivity index (χ3n) is 4.73. The number of ether oxygens (including phenoxy) is 2. The second kappa shape index (κ2) is 13.9. The van der Waals surface area contributed by atoms with Gasteiger partial charge in [-0.05, 0) is 42.3 Å². The summed E-state index contributed by atoms with van der Waals surface area (Å²) in [5.41, 5.74) is 15.2. The quantitative estimate of drug-likeness (QED) is 0.0890. The summed E-state index contributed by atoms with van der Waals surface area (Å²) < 4.78 is 70.3. The summed E-state index contributed by atoms with van der Waals surface area (Å²) in [7, 11) is -1.51. The summed E-state index contributed by atoms with van der Waals surface area (Å²) in [6, 6.07) is 5.36. The molecule has 0 aliphatic heterocycles. The van der Waals surface area contributed by atoms with E-state index in [0.29, 0.717) is 11.4 Å². The van der Waals surface area contributed by atoms with Crippen LogP contribution in [0.4, 0.5) is 18.9 Å². The van der Waals surface area contributed by atoms with Gasteiger partial charge < -0.3 is 41.6 Å². The first-order valence-corrected chi connectivity index (χ1v) is 12.2. The van der Waals surface area contributed by atoms with E-state index in [-0.39, 0.29) is 40.9 Å². The molecule has 19 heteroatoms. The van der Waals surface area contributed by atoms with Gasteiger partial charge in [0.15, 0.2) is 11.5 Å². The molecule has 0 saturated carbocycles. The number of primary amides is 1. The molecular weight excluding hydrogens is 569 g/mol. The fourth-order valence-electron chi connectivity index (χ4n) is 3.01. The number of carbonyl (C=O) groups is 2. The van der Waals surface area contributed by atoms with Gasteiger partial charge in [-0.2, -0.15) is 13.2 Å². The maximum Gasteiger partial charge on any atom is 0.490 e. The molecule has 0 fully saturated rings. The van der Waals surface area contributed by atoms with Crippen molar-refractivity contribution in [3.05, 3.63) is 45.9 Å². The number of amides is 1. The number of oxime groups is 1. The SMILES string of the molecule is COc1ccc(S(=O)(=O)Nc2c(C(CCON=C(N)N)C(N)=O)cc(C)[nH]c2=O)cc1OC.O=C(O)C(F)(F)F. The van der Waals surface area contributed by atoms with E-state index < -0.39 is 39.6 Å². The predicted molar refractivity (Wildman–Crippen MR) is 134 cm³/mol. The predicted octanol–water partition coefficient (Wildman–Crippen LogP) is 0.299. The number of rotatable bonds is 11. The van der Waals surface area contributed by atoms with Crippen LogP contribution in [0.2, 0.25) is 0 Å². The van der Waals surface area contributed by atoms with Crippen molar-refractivity contribution in [2.45, 2.75) is 30.3 Å². The van der Waals surface area contributed by atoms with E-state index in [1.165, 1.54) is 38.5 Å². The van der Waals surface area contributed by atoms with Crippen molar-refractivity contribution in [3.63, 3.8) is 0 Å². The lowest BCUT2D eigenvalue weighted by molar-refractivity contribution is -0.192. The minimum atomic E-state index is -5.08. The summed E-state index contributed by atoms with van der Waals surface area (Å²) in [4.78, 5) is 40.9. The van der Waals surface area contributed by atoms with Crippen LogP contribution in [0.3, 0.4) is 0 Å². The number of nitrogens with one attached hydrogen (secondary N) is 2. The molecular formula is C21H27F3N6O9S. The van der Waals surface area contributed by atoms with Crippen LogP contribution in [-0.4, -0.2) is 63.3 Å². The largest absolute Gasteiger partial charge is 0.493 e. The first kappa shape index (κ1) is 33.3. The van der Waals surface area contributed by atoms with Crippen LogP contribution in [0.15, 0.2) is 39.1 Å². The van der Waals surface area contributed by atoms with Crippen molar-refractivity contribution in [2.75, 3.05) is 25.5 Å². The molecule has 15 nitrogen and oxygen atoms in total. The molecule has 0 bridgehead atoms. The normalized spacial score (nSPS) is 11.8. The highest BCUT2D eigenvalue weighted by Gasteiger charge is 2.38. The van der Waals surface area contributed by atoms with Crippen LogP contribution in [0.25, 0.3) is 0 Å². The fourth-order valence-corrected chi connectivity index (χ4v) is 4.12. The Morgan fingerprint density at radius 2 is 1.70 bits per heavy atom. The Kier molecular flexibility index (Phi) is 11.6. The molecule has 1 unspecified atom stereocenters. The second-order valence-corrected chi connectivity index (χ2v) is 9.31. The van der Waals surface area contributed by atoms with Crippen LogP contribution in [0, 0.1) is 6.92 Å². The van der Waals surface area contributed by atoms with Crippen molar-refractivity contribution >= 4 is 33.5 Å². The van der Waals surface area contributed by atoms with Crippen LogP contribution >= 0.6 is 0 Å². The lowest BCUT2D eigenvalue weighted by Gasteiger charge is -2.19. The number of anilines is 1. The zero-order valence-electron chi connectivity index (χ0n) is 21.2. The number of carboxylic acids is 1. The van der Waals surface area contributed by atoms with Gasteiger partial charge in [-0.15, -0.1) is 0 Å². The molecule has 2 rings (SSSR count). The van der Waals surface area contributed by atoms with Crippen LogP contribution in [0.1, 0.15) is 23.6 Å². The van der Waals surface area contributed by atoms with Gasteiger partial charge in [-0.25, -0.2) is 13.2 Å². The first-order valence-electron chi connectivity index (χ1n) is 10.7. The van der Waals surface area contributed by atoms with E-state index in [1.807, 2.05) is 0 Å². The number of nitrogens with zero attached hydrogens (tertiary/aromatic N) is 1. The van der Waals surface area contributed by atoms with E-state index in [4.69, 9.17) is 41.4 Å². The smallest absolute Gasteiger partial charge is 0.490 e. The lowest BCUT2D eigenvalue weighted by Crippen LogP contribution is -2.29. The molecule has 222 valence electrons. The number of hydrogen-bond acceptors (Lipinski definition) is 9. The highest BCUT2D eigenvalue weighted by Crippen LogP contribution is 2.31. The van der Waals surface area contributed by atoms with Crippen molar-refractivity contribution in [1.29, 1.82) is 0 Å². The Labute approximate surface area is 225 Å². The van der Waals surface area contributed by atoms with Crippen LogP contribution in [-0.2, 0) is 24.4 Å². The van der Waals surface area contributed by atoms with E-state index in [0.717, 1.165) is 0 Å². The maximum absolute atomic E-state index is 13.0. The van der Waals surface area contributed by atoms with Gasteiger partial charge in [0.2, 0.25) is 11.9 Å². The number of guanidine groups is 1. The summed E-state index contributed by atoms with van der Waals surface area (Å²) in [5.74, 6) is -4.47. The number of aromatic amines is 1. The van der Waals surface area contributed by atoms with Gasteiger partial charge in [-0.1, -0.05) is 0 Å². The van der Waals surface area contributed by atoms with E-state index in [9.17, 15) is 31.2 Å². The Bertz CT molecular complexity index is 1410. The lowest BCUT2D eigenvalue weighted by atomic mass is 9.94. The third-order valence-corrected chi connectivity index (χ3v) is 6.08. The Morgan fingerprint density at radius 3 is 2.17 bits per heavy atom. The number of aryl methyl sites for hydroxylation is 1. The summed E-state index contributed by atoms with van der Waals surface area (Å²) in [6.07, 6.45) is -5.11. The van der Waals surface area contributed by atoms with Crippen molar-refractivity contribution in [1.82, 2.24) is 4.98 Å². The number of benzene rings is 1. The highest BCUT2D eigenvalue weighted by molar-refractivity contribution is 7.92. The monoisotopic (exact) mass is 596 g/mol. The molecule has 1 aromatic carbocycles. The van der Waals surface area contributed by atoms with E-state index in [1.54, 1.807) is 6.92 Å². The average Bonchev–Trinajstić information content (AvgIpc) is 2.84. The molecule has 1 amide bonds. The number of nitrogens with two attached hydrogens (primary N) is 3. The zero-order chi connectivity index (χ0) is 30.8. The third kappa shape index (κ3) is 9.57. The number of H-pyrrole nitrogens is 1. The second-order valence-electron chi connectivity index (χ2n) is 7.63. The molecule has 40 heavy (non-hydrogen) atoms. The number of carboxylic acid groups (broad SMARTS) is 1. The molecule has 1 heterocycles. The number of hydrogen-bond donors (Lipinski definition) is 6. The molecule has 0 spiro atoms. The van der Waals surface area contributed by atoms with Gasteiger partial charge in [0.1, 0.15) is 12.3 Å². The molecule has 0 radical (unpaired) electrons. The van der Waals surface area contributed by atoms with Gasteiger partial charge in [-0.3, -0.25) is 14.3 Å². The maximum atomic E-state index is 13.0. The van der Waals surface area contributed by atoms with E-state index >= 15 is 0 Å². The van der Waals surface area contributed by atoms with Gasteiger partial charge in [0.05, 0.1) is 25.0 Å². The molecule has 1 atom stereocenters. The highest BCUT2D eigenvalue weighted by atomic mass is 32.2. The number of pyridine rings is 1. The van der Waals surface area contributed by atoms with Crippen LogP contribution < -0.4 is 37.0 Å². The Hall–Kier alpha value is -4.68. The number of aromatic nitrogens is 1. The standard InChI is InChI=1S/C19H26N6O7S.C2HF3O2/c1-10-8-13(12(17(20)26)6-7-32-24-19(21)22)16(18(27)23-10)25-33(28,29)11-4-5-14(30-2)15(9-11)31-3;3-2(4,5)1(6)7/h4-5,8-9,12,25H,6-7H2,1-3H3,(H2,20,26)(H,23,27)(H4,21,22,24);(H,6,7). The fraction of sp³-hybridized carbons (Fsp3) is 0.333. The number of sulfonamides is 1. The van der Waals surface area contributed by atoms with Gasteiger partial charge in [0, 0.05) is 11.8 Å². The summed E-state index contributed by atoms with van der Waals surface area (Å²) in [5, 5.41) is 10.5.